The van der Waals surface area contributed by atoms with Gasteiger partial charge in [-0.15, -0.1) is 0 Å². The fourth-order valence-electron chi connectivity index (χ4n) is 3.68. The summed E-state index contributed by atoms with van der Waals surface area (Å²) in [6.45, 7) is 6.44. The molecule has 1 aliphatic carbocycles. The Morgan fingerprint density at radius 3 is 2.58 bits per heavy atom. The quantitative estimate of drug-likeness (QED) is 0.826. The van der Waals surface area contributed by atoms with E-state index in [9.17, 15) is 4.79 Å². The summed E-state index contributed by atoms with van der Waals surface area (Å²) in [4.78, 5) is 20.6. The maximum absolute atomic E-state index is 12.3. The molecule has 1 fully saturated rings. The van der Waals surface area contributed by atoms with E-state index in [2.05, 4.69) is 25.8 Å². The number of esters is 1. The zero-order valence-corrected chi connectivity index (χ0v) is 15.2. The molecule has 4 nitrogen and oxygen atoms in total. The number of aromatic nitrogens is 2. The number of imidazole rings is 1. The molecule has 0 saturated heterocycles. The van der Waals surface area contributed by atoms with Crippen LogP contribution in [0.5, 0.6) is 0 Å². The molecule has 1 N–H and O–H groups in total. The molecule has 4 heteroatoms. The molecule has 0 aliphatic heterocycles. The molecule has 0 amide bonds. The van der Waals surface area contributed by atoms with E-state index in [-0.39, 0.29) is 11.4 Å². The summed E-state index contributed by atoms with van der Waals surface area (Å²) in [7, 11) is 1.45. The molecule has 1 heterocycles. The minimum Gasteiger partial charge on any atom is -0.465 e. The number of carbonyl (C=O) groups is 1. The standard InChI is InChI=1S/C20H28N2O2/c1-20(2,3)19-21-16-11-10-14(18(23)24-4)15(17(16)22-19)12-13-8-6-5-7-9-13/h10-11,13H,5-9,12H2,1-4H3,(H,21,22). The number of fused-ring (bicyclic) bond motifs is 1. The molecule has 1 aromatic heterocycles. The second kappa shape index (κ2) is 6.58. The fourth-order valence-corrected chi connectivity index (χ4v) is 3.68. The van der Waals surface area contributed by atoms with Crippen molar-refractivity contribution in [3.8, 4) is 0 Å². The van der Waals surface area contributed by atoms with Crippen molar-refractivity contribution in [2.75, 3.05) is 7.11 Å². The van der Waals surface area contributed by atoms with Gasteiger partial charge in [0.15, 0.2) is 0 Å². The van der Waals surface area contributed by atoms with Gasteiger partial charge in [0.25, 0.3) is 0 Å². The lowest BCUT2D eigenvalue weighted by atomic mass is 9.83. The summed E-state index contributed by atoms with van der Waals surface area (Å²) in [5.41, 5.74) is 3.62. The summed E-state index contributed by atoms with van der Waals surface area (Å²) >= 11 is 0. The summed E-state index contributed by atoms with van der Waals surface area (Å²) in [6.07, 6.45) is 7.32. The Morgan fingerprint density at radius 2 is 1.96 bits per heavy atom. The number of carbonyl (C=O) groups excluding carboxylic acids is 1. The van der Waals surface area contributed by atoms with E-state index in [1.165, 1.54) is 39.2 Å². The van der Waals surface area contributed by atoms with E-state index in [1.54, 1.807) is 0 Å². The third-order valence-corrected chi connectivity index (χ3v) is 5.09. The van der Waals surface area contributed by atoms with E-state index >= 15 is 0 Å². The number of hydrogen-bond acceptors (Lipinski definition) is 3. The Labute approximate surface area is 144 Å². The van der Waals surface area contributed by atoms with Gasteiger partial charge in [0.05, 0.1) is 23.7 Å². The van der Waals surface area contributed by atoms with Crippen molar-refractivity contribution in [2.45, 2.75) is 64.7 Å². The molecular weight excluding hydrogens is 300 g/mol. The van der Waals surface area contributed by atoms with Crippen molar-refractivity contribution in [3.63, 3.8) is 0 Å². The van der Waals surface area contributed by atoms with Crippen LogP contribution in [-0.2, 0) is 16.6 Å². The van der Waals surface area contributed by atoms with Crippen molar-refractivity contribution in [1.82, 2.24) is 9.97 Å². The highest BCUT2D eigenvalue weighted by Gasteiger charge is 2.24. The Balaban J connectivity index is 2.08. The number of methoxy groups -OCH3 is 1. The normalized spacial score (nSPS) is 16.5. The molecule has 130 valence electrons. The van der Waals surface area contributed by atoms with Gasteiger partial charge in [-0.05, 0) is 30.0 Å². The van der Waals surface area contributed by atoms with Crippen molar-refractivity contribution >= 4 is 17.0 Å². The predicted octanol–water partition coefficient (Wildman–Crippen LogP) is 4.77. The van der Waals surface area contributed by atoms with Crippen molar-refractivity contribution in [3.05, 3.63) is 29.1 Å². The molecule has 2 aromatic rings. The van der Waals surface area contributed by atoms with Crippen molar-refractivity contribution in [2.24, 2.45) is 5.92 Å². The van der Waals surface area contributed by atoms with Crippen LogP contribution in [0.3, 0.4) is 0 Å². The number of hydrogen-bond donors (Lipinski definition) is 1. The maximum Gasteiger partial charge on any atom is 0.338 e. The highest BCUT2D eigenvalue weighted by atomic mass is 16.5. The third kappa shape index (κ3) is 3.33. The zero-order valence-electron chi connectivity index (χ0n) is 15.2. The van der Waals surface area contributed by atoms with Gasteiger partial charge in [-0.1, -0.05) is 52.9 Å². The highest BCUT2D eigenvalue weighted by Crippen LogP contribution is 2.32. The Morgan fingerprint density at radius 1 is 1.25 bits per heavy atom. The van der Waals surface area contributed by atoms with Crippen LogP contribution in [-0.4, -0.2) is 23.0 Å². The van der Waals surface area contributed by atoms with Gasteiger partial charge in [-0.3, -0.25) is 0 Å². The summed E-state index contributed by atoms with van der Waals surface area (Å²) in [5.74, 6) is 1.34. The monoisotopic (exact) mass is 328 g/mol. The largest absolute Gasteiger partial charge is 0.465 e. The summed E-state index contributed by atoms with van der Waals surface area (Å²) in [5, 5.41) is 0. The Hall–Kier alpha value is -1.84. The second-order valence-electron chi connectivity index (χ2n) is 8.02. The minimum atomic E-state index is -0.261. The molecule has 0 atom stereocenters. The van der Waals surface area contributed by atoms with E-state index in [0.717, 1.165) is 28.8 Å². The maximum atomic E-state index is 12.3. The van der Waals surface area contributed by atoms with E-state index in [0.29, 0.717) is 11.5 Å². The topological polar surface area (TPSA) is 55.0 Å². The molecule has 1 aromatic carbocycles. The minimum absolute atomic E-state index is 0.0491. The lowest BCUT2D eigenvalue weighted by Crippen LogP contribution is -2.14. The average molecular weight is 328 g/mol. The van der Waals surface area contributed by atoms with Gasteiger partial charge in [0.2, 0.25) is 0 Å². The third-order valence-electron chi connectivity index (χ3n) is 5.09. The predicted molar refractivity (Wildman–Crippen MR) is 96.4 cm³/mol. The molecule has 0 bridgehead atoms. The summed E-state index contributed by atoms with van der Waals surface area (Å²) in [6, 6.07) is 3.84. The van der Waals surface area contributed by atoms with Crippen LogP contribution in [0.25, 0.3) is 11.0 Å². The van der Waals surface area contributed by atoms with Crippen molar-refractivity contribution in [1.29, 1.82) is 0 Å². The van der Waals surface area contributed by atoms with Gasteiger partial charge >= 0.3 is 5.97 Å². The van der Waals surface area contributed by atoms with Crippen LogP contribution in [0.2, 0.25) is 0 Å². The molecule has 0 radical (unpaired) electrons. The van der Waals surface area contributed by atoms with Gasteiger partial charge in [-0.25, -0.2) is 9.78 Å². The molecule has 24 heavy (non-hydrogen) atoms. The van der Waals surface area contributed by atoms with Crippen LogP contribution in [0.1, 0.15) is 74.6 Å². The number of nitrogens with one attached hydrogen (secondary N) is 1. The highest BCUT2D eigenvalue weighted by molar-refractivity contribution is 5.96. The zero-order chi connectivity index (χ0) is 17.3. The number of benzene rings is 1. The summed E-state index contributed by atoms with van der Waals surface area (Å²) < 4.78 is 5.01. The first-order valence-electron chi connectivity index (χ1n) is 9.00. The van der Waals surface area contributed by atoms with Crippen LogP contribution in [0, 0.1) is 5.92 Å². The second-order valence-corrected chi connectivity index (χ2v) is 8.02. The van der Waals surface area contributed by atoms with Gasteiger partial charge in [-0.2, -0.15) is 0 Å². The Kier molecular flexibility index (Phi) is 4.66. The van der Waals surface area contributed by atoms with E-state index in [4.69, 9.17) is 9.72 Å². The Bertz CT molecular complexity index is 734. The number of rotatable bonds is 3. The van der Waals surface area contributed by atoms with Gasteiger partial charge in [0.1, 0.15) is 5.82 Å². The number of H-pyrrole nitrogens is 1. The van der Waals surface area contributed by atoms with Crippen LogP contribution >= 0.6 is 0 Å². The molecular formula is C20H28N2O2. The number of ether oxygens (including phenoxy) is 1. The SMILES string of the molecule is COC(=O)c1ccc2[nH]c(C(C)(C)C)nc2c1CC1CCCCC1. The lowest BCUT2D eigenvalue weighted by Gasteiger charge is -2.22. The number of aromatic amines is 1. The lowest BCUT2D eigenvalue weighted by molar-refractivity contribution is 0.0599. The first kappa shape index (κ1) is 17.0. The fraction of sp³-hybridized carbons (Fsp3) is 0.600. The smallest absolute Gasteiger partial charge is 0.338 e. The molecule has 0 unspecified atom stereocenters. The van der Waals surface area contributed by atoms with Crippen LogP contribution in [0.15, 0.2) is 12.1 Å². The molecule has 3 rings (SSSR count). The molecule has 0 spiro atoms. The molecule has 1 saturated carbocycles. The van der Waals surface area contributed by atoms with Gasteiger partial charge in [0, 0.05) is 5.41 Å². The van der Waals surface area contributed by atoms with E-state index < -0.39 is 0 Å². The molecule has 1 aliphatic rings. The van der Waals surface area contributed by atoms with Crippen LogP contribution in [0.4, 0.5) is 0 Å². The van der Waals surface area contributed by atoms with Crippen LogP contribution < -0.4 is 0 Å². The average Bonchev–Trinajstić information content (AvgIpc) is 3.00. The van der Waals surface area contributed by atoms with Gasteiger partial charge < -0.3 is 9.72 Å². The number of nitrogens with zero attached hydrogens (tertiary/aromatic N) is 1. The first-order chi connectivity index (χ1) is 11.4. The van der Waals surface area contributed by atoms with E-state index in [1.807, 2.05) is 12.1 Å². The van der Waals surface area contributed by atoms with Crippen molar-refractivity contribution < 1.29 is 9.53 Å². The first-order valence-corrected chi connectivity index (χ1v) is 9.00.